The van der Waals surface area contributed by atoms with Gasteiger partial charge in [-0.2, -0.15) is 0 Å². The molecule has 0 bridgehead atoms. The molecule has 3 N–H and O–H groups in total. The molecule has 0 aromatic carbocycles. The number of carbonyl (C=O) groups is 4. The van der Waals surface area contributed by atoms with Crippen LogP contribution in [0.15, 0.2) is 24.3 Å². The van der Waals surface area contributed by atoms with E-state index in [0.717, 1.165) is 115 Å². The number of unbranched alkanes of at least 4 members (excludes halogenated alkanes) is 46. The third-order valence-electron chi connectivity index (χ3n) is 17.9. The zero-order valence-corrected chi connectivity index (χ0v) is 65.2. The van der Waals surface area contributed by atoms with Gasteiger partial charge in [0.1, 0.15) is 19.3 Å². The molecule has 5 atom stereocenters. The minimum absolute atomic E-state index is 0.102. The smallest absolute Gasteiger partial charge is 0.462 e. The molecule has 578 valence electrons. The van der Waals surface area contributed by atoms with E-state index >= 15 is 0 Å². The second kappa shape index (κ2) is 71.5. The SMILES string of the molecule is CCCCCC/C=C\C=C/CCCCCCCC(=O)OC[C@H](COP(=O)(O)OC[C@@H](O)COP(=O)(O)OC[C@@H](COC(=O)CCCCCCCCCCC)OC(=O)CCCCCCCCCCCCCCC(C)C)OC(=O)CCCCCCCCCCCCCCCCCCCCC. The molecular weight excluding hydrogens is 1280 g/mol. The van der Waals surface area contributed by atoms with Gasteiger partial charge < -0.3 is 33.8 Å². The summed E-state index contributed by atoms with van der Waals surface area (Å²) in [5.74, 6) is -1.37. The van der Waals surface area contributed by atoms with E-state index in [1.54, 1.807) is 0 Å². The van der Waals surface area contributed by atoms with Gasteiger partial charge >= 0.3 is 39.5 Å². The summed E-state index contributed by atoms with van der Waals surface area (Å²) < 4.78 is 68.6. The predicted octanol–water partition coefficient (Wildman–Crippen LogP) is 23.2. The molecule has 98 heavy (non-hydrogen) atoms. The minimum Gasteiger partial charge on any atom is -0.462 e. The minimum atomic E-state index is -4.97. The van der Waals surface area contributed by atoms with E-state index in [2.05, 4.69) is 58.9 Å². The van der Waals surface area contributed by atoms with Gasteiger partial charge in [-0.15, -0.1) is 0 Å². The Morgan fingerprint density at radius 3 is 0.837 bits per heavy atom. The fraction of sp³-hybridized carbons (Fsp3) is 0.899. The van der Waals surface area contributed by atoms with Gasteiger partial charge in [-0.3, -0.25) is 37.3 Å². The number of phosphoric ester groups is 2. The maximum atomic E-state index is 13.1. The molecule has 0 saturated heterocycles. The van der Waals surface area contributed by atoms with Crippen LogP contribution in [0, 0.1) is 5.92 Å². The largest absolute Gasteiger partial charge is 0.472 e. The third-order valence-corrected chi connectivity index (χ3v) is 19.8. The summed E-state index contributed by atoms with van der Waals surface area (Å²) in [6.45, 7) is 7.24. The average Bonchev–Trinajstić information content (AvgIpc) is 1.000. The number of aliphatic hydroxyl groups excluding tert-OH is 1. The zero-order valence-electron chi connectivity index (χ0n) is 63.4. The van der Waals surface area contributed by atoms with E-state index in [4.69, 9.17) is 37.0 Å². The van der Waals surface area contributed by atoms with Crippen molar-refractivity contribution in [2.75, 3.05) is 39.6 Å². The molecule has 0 spiro atoms. The molecule has 0 rings (SSSR count). The Hall–Kier alpha value is -2.46. The van der Waals surface area contributed by atoms with Gasteiger partial charge in [-0.25, -0.2) is 9.13 Å². The average molecular weight is 1430 g/mol. The lowest BCUT2D eigenvalue weighted by Crippen LogP contribution is -2.30. The zero-order chi connectivity index (χ0) is 71.9. The van der Waals surface area contributed by atoms with Gasteiger partial charge in [0.15, 0.2) is 12.2 Å². The highest BCUT2D eigenvalue weighted by Crippen LogP contribution is 2.45. The lowest BCUT2D eigenvalue weighted by Gasteiger charge is -2.21. The number of aliphatic hydroxyl groups is 1. The van der Waals surface area contributed by atoms with Crippen LogP contribution in [0.3, 0.4) is 0 Å². The topological polar surface area (TPSA) is 237 Å². The van der Waals surface area contributed by atoms with Crippen LogP contribution in [0.4, 0.5) is 0 Å². The van der Waals surface area contributed by atoms with Crippen LogP contribution in [-0.2, 0) is 65.4 Å². The van der Waals surface area contributed by atoms with Gasteiger partial charge in [-0.05, 0) is 57.3 Å². The summed E-state index contributed by atoms with van der Waals surface area (Å²) in [6.07, 6.45) is 64.6. The van der Waals surface area contributed by atoms with Crippen molar-refractivity contribution >= 4 is 39.5 Å². The second-order valence-corrected chi connectivity index (χ2v) is 31.2. The Labute approximate surface area is 599 Å². The lowest BCUT2D eigenvalue weighted by molar-refractivity contribution is -0.161. The number of carbonyl (C=O) groups excluding carboxylic acids is 4. The summed E-state index contributed by atoms with van der Waals surface area (Å²) in [5.41, 5.74) is 0. The first-order valence-corrected chi connectivity index (χ1v) is 43.4. The molecular formula is C79H150O17P2. The Morgan fingerprint density at radius 2 is 0.551 bits per heavy atom. The number of rotatable bonds is 77. The van der Waals surface area contributed by atoms with E-state index in [9.17, 15) is 43.2 Å². The van der Waals surface area contributed by atoms with Crippen molar-refractivity contribution in [3.63, 3.8) is 0 Å². The van der Waals surface area contributed by atoms with Gasteiger partial charge in [0.2, 0.25) is 0 Å². The molecule has 0 aromatic heterocycles. The molecule has 2 unspecified atom stereocenters. The maximum Gasteiger partial charge on any atom is 0.472 e. The van der Waals surface area contributed by atoms with Crippen molar-refractivity contribution < 1.29 is 80.2 Å². The van der Waals surface area contributed by atoms with Crippen molar-refractivity contribution in [2.45, 2.75) is 412 Å². The van der Waals surface area contributed by atoms with E-state index in [-0.39, 0.29) is 25.7 Å². The van der Waals surface area contributed by atoms with Crippen molar-refractivity contribution in [3.05, 3.63) is 24.3 Å². The molecule has 0 heterocycles. The molecule has 0 saturated carbocycles. The Balaban J connectivity index is 5.25. The van der Waals surface area contributed by atoms with E-state index in [1.165, 1.54) is 199 Å². The standard InChI is InChI=1S/C79H150O17P2/c1-6-9-12-15-18-21-23-25-27-28-29-30-32-34-39-44-49-54-59-64-78(83)96-75(69-90-77(82)63-58-53-48-43-38-33-31-26-24-22-19-16-13-10-7-2)71-94-98(87,88)92-67-73(80)66-91-97(85,86)93-70-74(68-89-76(81)62-57-52-47-41-20-17-14-11-8-3)95-79(84)65-60-55-50-45-40-36-35-37-42-46-51-56-61-72(4)5/h22,24,26,31,72-75,80H,6-21,23,25,27-30,32-71H2,1-5H3,(H,85,86)(H,87,88)/b24-22-,31-26-/t73-,74+,75+/m0/s1. The van der Waals surface area contributed by atoms with Crippen LogP contribution in [0.2, 0.25) is 0 Å². The molecule has 17 nitrogen and oxygen atoms in total. The third kappa shape index (κ3) is 71.9. The first kappa shape index (κ1) is 95.5. The Kier molecular flexibility index (Phi) is 69.7. The van der Waals surface area contributed by atoms with Gasteiger partial charge in [0.05, 0.1) is 26.4 Å². The second-order valence-electron chi connectivity index (χ2n) is 28.2. The summed E-state index contributed by atoms with van der Waals surface area (Å²) in [4.78, 5) is 72.9. The monoisotopic (exact) mass is 1430 g/mol. The Morgan fingerprint density at radius 1 is 0.316 bits per heavy atom. The quantitative estimate of drug-likeness (QED) is 0.0169. The van der Waals surface area contributed by atoms with Crippen LogP contribution < -0.4 is 0 Å². The van der Waals surface area contributed by atoms with Crippen molar-refractivity contribution in [1.82, 2.24) is 0 Å². The summed E-state index contributed by atoms with van der Waals surface area (Å²) >= 11 is 0. The van der Waals surface area contributed by atoms with Crippen LogP contribution >= 0.6 is 15.6 Å². The van der Waals surface area contributed by atoms with Crippen molar-refractivity contribution in [3.8, 4) is 0 Å². The lowest BCUT2D eigenvalue weighted by atomic mass is 10.0. The van der Waals surface area contributed by atoms with Crippen LogP contribution in [0.1, 0.15) is 394 Å². The van der Waals surface area contributed by atoms with E-state index in [0.29, 0.717) is 25.7 Å². The summed E-state index contributed by atoms with van der Waals surface area (Å²) in [6, 6.07) is 0. The van der Waals surface area contributed by atoms with E-state index in [1.807, 2.05) is 0 Å². The summed E-state index contributed by atoms with van der Waals surface area (Å²) in [5, 5.41) is 10.6. The first-order valence-electron chi connectivity index (χ1n) is 40.5. The van der Waals surface area contributed by atoms with Gasteiger partial charge in [0.25, 0.3) is 0 Å². The normalized spacial score (nSPS) is 14.1. The number of phosphoric acid groups is 2. The van der Waals surface area contributed by atoms with Crippen LogP contribution in [0.25, 0.3) is 0 Å². The molecule has 0 amide bonds. The molecule has 0 radical (unpaired) electrons. The van der Waals surface area contributed by atoms with Gasteiger partial charge in [-0.1, -0.05) is 341 Å². The number of hydrogen-bond acceptors (Lipinski definition) is 15. The fourth-order valence-corrected chi connectivity index (χ4v) is 13.3. The predicted molar refractivity (Wildman–Crippen MR) is 400 cm³/mol. The molecule has 0 aliphatic carbocycles. The van der Waals surface area contributed by atoms with Crippen molar-refractivity contribution in [1.29, 1.82) is 0 Å². The highest BCUT2D eigenvalue weighted by atomic mass is 31.2. The highest BCUT2D eigenvalue weighted by molar-refractivity contribution is 7.47. The summed E-state index contributed by atoms with van der Waals surface area (Å²) in [7, 11) is -9.92. The molecule has 0 aromatic rings. The Bertz CT molecular complexity index is 1970. The first-order chi connectivity index (χ1) is 47.5. The van der Waals surface area contributed by atoms with E-state index < -0.39 is 97.5 Å². The number of hydrogen-bond donors (Lipinski definition) is 3. The number of esters is 4. The number of ether oxygens (including phenoxy) is 4. The molecule has 0 aliphatic heterocycles. The fourth-order valence-electron chi connectivity index (χ4n) is 11.7. The van der Waals surface area contributed by atoms with Crippen LogP contribution in [-0.4, -0.2) is 96.7 Å². The maximum absolute atomic E-state index is 13.1. The molecule has 19 heteroatoms. The highest BCUT2D eigenvalue weighted by Gasteiger charge is 2.30. The molecule has 0 aliphatic rings. The van der Waals surface area contributed by atoms with Crippen LogP contribution in [0.5, 0.6) is 0 Å². The van der Waals surface area contributed by atoms with Crippen molar-refractivity contribution in [2.24, 2.45) is 5.92 Å². The number of allylic oxidation sites excluding steroid dienone is 4. The molecule has 0 fully saturated rings. The van der Waals surface area contributed by atoms with Gasteiger partial charge in [0, 0.05) is 25.7 Å².